The third-order valence-electron chi connectivity index (χ3n) is 4.03. The lowest BCUT2D eigenvalue weighted by atomic mass is 9.76. The highest BCUT2D eigenvalue weighted by Gasteiger charge is 2.25. The first-order valence-electron chi connectivity index (χ1n) is 6.49. The molecule has 16 heavy (non-hydrogen) atoms. The van der Waals surface area contributed by atoms with Gasteiger partial charge in [0.2, 0.25) is 0 Å². The van der Waals surface area contributed by atoms with Gasteiger partial charge in [-0.05, 0) is 42.7 Å². The molecule has 0 heterocycles. The fourth-order valence-electron chi connectivity index (χ4n) is 3.02. The maximum atomic E-state index is 6.43. The van der Waals surface area contributed by atoms with E-state index in [0.29, 0.717) is 5.92 Å². The molecule has 1 aromatic rings. The van der Waals surface area contributed by atoms with Crippen LogP contribution in [-0.4, -0.2) is 0 Å². The minimum Gasteiger partial charge on any atom is -0.324 e. The second kappa shape index (κ2) is 5.01. The van der Waals surface area contributed by atoms with Crippen molar-refractivity contribution in [3.05, 3.63) is 35.4 Å². The summed E-state index contributed by atoms with van der Waals surface area (Å²) < 4.78 is 0. The van der Waals surface area contributed by atoms with Gasteiger partial charge in [-0.3, -0.25) is 0 Å². The SMILES string of the molecule is Cc1ccccc1[C@H](N)[C@H]1CCC[C@@H](C)C1. The van der Waals surface area contributed by atoms with Crippen molar-refractivity contribution < 1.29 is 0 Å². The average Bonchev–Trinajstić information content (AvgIpc) is 2.29. The maximum absolute atomic E-state index is 6.43. The second-order valence-corrected chi connectivity index (χ2v) is 5.41. The molecule has 2 N–H and O–H groups in total. The molecule has 0 radical (unpaired) electrons. The average molecular weight is 217 g/mol. The van der Waals surface area contributed by atoms with Gasteiger partial charge in [0.25, 0.3) is 0 Å². The van der Waals surface area contributed by atoms with Crippen molar-refractivity contribution in [2.75, 3.05) is 0 Å². The quantitative estimate of drug-likeness (QED) is 0.800. The Morgan fingerprint density at radius 3 is 2.69 bits per heavy atom. The fraction of sp³-hybridized carbons (Fsp3) is 0.600. The molecule has 88 valence electrons. The first kappa shape index (κ1) is 11.7. The largest absolute Gasteiger partial charge is 0.324 e. The van der Waals surface area contributed by atoms with E-state index >= 15 is 0 Å². The fourth-order valence-corrected chi connectivity index (χ4v) is 3.02. The van der Waals surface area contributed by atoms with Crippen LogP contribution in [0.15, 0.2) is 24.3 Å². The Balaban J connectivity index is 2.12. The van der Waals surface area contributed by atoms with Gasteiger partial charge in [-0.25, -0.2) is 0 Å². The van der Waals surface area contributed by atoms with E-state index in [1.807, 2.05) is 0 Å². The van der Waals surface area contributed by atoms with Crippen LogP contribution in [0.4, 0.5) is 0 Å². The standard InChI is InChI=1S/C15H23N/c1-11-6-5-8-13(10-11)15(16)14-9-4-3-7-12(14)2/h3-4,7,9,11,13,15H,5-6,8,10,16H2,1-2H3/t11-,13+,15-/m1/s1. The number of rotatable bonds is 2. The van der Waals surface area contributed by atoms with Crippen LogP contribution < -0.4 is 5.73 Å². The lowest BCUT2D eigenvalue weighted by Crippen LogP contribution is -2.26. The molecule has 1 heteroatoms. The summed E-state index contributed by atoms with van der Waals surface area (Å²) in [6.07, 6.45) is 5.34. The molecule has 1 aliphatic rings. The van der Waals surface area contributed by atoms with Crippen LogP contribution in [0.2, 0.25) is 0 Å². The highest BCUT2D eigenvalue weighted by Crippen LogP contribution is 2.36. The minimum absolute atomic E-state index is 0.240. The van der Waals surface area contributed by atoms with Crippen molar-refractivity contribution >= 4 is 0 Å². The Bertz CT molecular complexity index is 345. The van der Waals surface area contributed by atoms with Gasteiger partial charge in [-0.2, -0.15) is 0 Å². The first-order valence-corrected chi connectivity index (χ1v) is 6.49. The zero-order chi connectivity index (χ0) is 11.5. The van der Waals surface area contributed by atoms with Gasteiger partial charge < -0.3 is 5.73 Å². The summed E-state index contributed by atoms with van der Waals surface area (Å²) in [4.78, 5) is 0. The molecular weight excluding hydrogens is 194 g/mol. The Kier molecular flexibility index (Phi) is 3.65. The minimum atomic E-state index is 0.240. The first-order chi connectivity index (χ1) is 7.68. The Hall–Kier alpha value is -0.820. The lowest BCUT2D eigenvalue weighted by Gasteiger charge is -2.32. The van der Waals surface area contributed by atoms with Gasteiger partial charge in [-0.15, -0.1) is 0 Å². The molecule has 0 amide bonds. The van der Waals surface area contributed by atoms with Gasteiger partial charge in [0, 0.05) is 6.04 Å². The predicted octanol–water partition coefficient (Wildman–Crippen LogP) is 3.82. The van der Waals surface area contributed by atoms with Crippen molar-refractivity contribution in [2.45, 2.75) is 45.6 Å². The number of nitrogens with two attached hydrogens (primary N) is 1. The van der Waals surface area contributed by atoms with Crippen molar-refractivity contribution in [3.8, 4) is 0 Å². The van der Waals surface area contributed by atoms with Crippen LogP contribution in [0.5, 0.6) is 0 Å². The molecule has 0 aliphatic heterocycles. The smallest absolute Gasteiger partial charge is 0.0326 e. The Morgan fingerprint density at radius 1 is 1.25 bits per heavy atom. The summed E-state index contributed by atoms with van der Waals surface area (Å²) in [7, 11) is 0. The van der Waals surface area contributed by atoms with Crippen LogP contribution in [-0.2, 0) is 0 Å². The van der Waals surface area contributed by atoms with E-state index in [0.717, 1.165) is 5.92 Å². The van der Waals surface area contributed by atoms with Crippen LogP contribution in [0.1, 0.15) is 49.8 Å². The summed E-state index contributed by atoms with van der Waals surface area (Å²) in [6.45, 7) is 4.53. The van der Waals surface area contributed by atoms with Crippen molar-refractivity contribution in [3.63, 3.8) is 0 Å². The number of hydrogen-bond acceptors (Lipinski definition) is 1. The number of aryl methyl sites for hydroxylation is 1. The molecule has 1 aromatic carbocycles. The molecule has 0 spiro atoms. The predicted molar refractivity (Wildman–Crippen MR) is 69.2 cm³/mol. The van der Waals surface area contributed by atoms with Gasteiger partial charge in [-0.1, -0.05) is 44.0 Å². The highest BCUT2D eigenvalue weighted by molar-refractivity contribution is 5.29. The number of hydrogen-bond donors (Lipinski definition) is 1. The molecule has 1 nitrogen and oxygen atoms in total. The van der Waals surface area contributed by atoms with Gasteiger partial charge >= 0.3 is 0 Å². The third kappa shape index (κ3) is 2.46. The van der Waals surface area contributed by atoms with E-state index < -0.39 is 0 Å². The van der Waals surface area contributed by atoms with Crippen LogP contribution in [0.3, 0.4) is 0 Å². The summed E-state index contributed by atoms with van der Waals surface area (Å²) >= 11 is 0. The highest BCUT2D eigenvalue weighted by atomic mass is 14.7. The van der Waals surface area contributed by atoms with Crippen LogP contribution in [0.25, 0.3) is 0 Å². The Morgan fingerprint density at radius 2 is 2.00 bits per heavy atom. The van der Waals surface area contributed by atoms with Crippen molar-refractivity contribution in [2.24, 2.45) is 17.6 Å². The summed E-state index contributed by atoms with van der Waals surface area (Å²) in [6, 6.07) is 8.80. The molecule has 0 aromatic heterocycles. The molecule has 0 saturated heterocycles. The molecule has 3 atom stereocenters. The summed E-state index contributed by atoms with van der Waals surface area (Å²) in [5.74, 6) is 1.54. The van der Waals surface area contributed by atoms with E-state index in [9.17, 15) is 0 Å². The number of benzene rings is 1. The molecular formula is C15H23N. The monoisotopic (exact) mass is 217 g/mol. The second-order valence-electron chi connectivity index (χ2n) is 5.41. The normalized spacial score (nSPS) is 27.7. The van der Waals surface area contributed by atoms with Gasteiger partial charge in [0.1, 0.15) is 0 Å². The molecule has 1 fully saturated rings. The third-order valence-corrected chi connectivity index (χ3v) is 4.03. The van der Waals surface area contributed by atoms with E-state index in [4.69, 9.17) is 5.73 Å². The van der Waals surface area contributed by atoms with Crippen molar-refractivity contribution in [1.82, 2.24) is 0 Å². The summed E-state index contributed by atoms with van der Waals surface area (Å²) in [5.41, 5.74) is 9.12. The van der Waals surface area contributed by atoms with Crippen LogP contribution >= 0.6 is 0 Å². The topological polar surface area (TPSA) is 26.0 Å². The van der Waals surface area contributed by atoms with Gasteiger partial charge in [0.15, 0.2) is 0 Å². The molecule has 0 unspecified atom stereocenters. The van der Waals surface area contributed by atoms with Gasteiger partial charge in [0.05, 0.1) is 0 Å². The molecule has 2 rings (SSSR count). The van der Waals surface area contributed by atoms with Crippen molar-refractivity contribution in [1.29, 1.82) is 0 Å². The summed E-state index contributed by atoms with van der Waals surface area (Å²) in [5, 5.41) is 0. The zero-order valence-electron chi connectivity index (χ0n) is 10.4. The van der Waals surface area contributed by atoms with E-state index in [2.05, 4.69) is 38.1 Å². The molecule has 0 bridgehead atoms. The Labute approximate surface area is 99.0 Å². The maximum Gasteiger partial charge on any atom is 0.0326 e. The lowest BCUT2D eigenvalue weighted by molar-refractivity contribution is 0.247. The van der Waals surface area contributed by atoms with E-state index in [1.165, 1.54) is 36.8 Å². The molecule has 1 aliphatic carbocycles. The van der Waals surface area contributed by atoms with E-state index in [1.54, 1.807) is 0 Å². The molecule has 1 saturated carbocycles. The van der Waals surface area contributed by atoms with Crippen LogP contribution in [0, 0.1) is 18.8 Å². The zero-order valence-corrected chi connectivity index (χ0v) is 10.4. The van der Waals surface area contributed by atoms with E-state index in [-0.39, 0.29) is 6.04 Å².